The SMILES string of the molecule is C[C@H]1C[C@H](C)[C@H](c2ccccc2)N(Cc2ccccc2Cl)[C@@H]1c1ccccc1. The van der Waals surface area contributed by atoms with E-state index in [1.54, 1.807) is 0 Å². The van der Waals surface area contributed by atoms with Gasteiger partial charge in [-0.3, -0.25) is 4.90 Å². The smallest absolute Gasteiger partial charge is 0.0451 e. The molecule has 1 heterocycles. The Labute approximate surface area is 174 Å². The molecular formula is C26H28ClN. The van der Waals surface area contributed by atoms with Crippen molar-refractivity contribution in [2.75, 3.05) is 0 Å². The van der Waals surface area contributed by atoms with Gasteiger partial charge in [0.2, 0.25) is 0 Å². The van der Waals surface area contributed by atoms with E-state index in [1.165, 1.54) is 23.1 Å². The fourth-order valence-electron chi connectivity index (χ4n) is 5.03. The quantitative estimate of drug-likeness (QED) is 0.452. The van der Waals surface area contributed by atoms with Gasteiger partial charge in [0.1, 0.15) is 0 Å². The second-order valence-corrected chi connectivity index (χ2v) is 8.57. The van der Waals surface area contributed by atoms with Gasteiger partial charge in [0.15, 0.2) is 0 Å². The van der Waals surface area contributed by atoms with Gasteiger partial charge in [0, 0.05) is 23.7 Å². The van der Waals surface area contributed by atoms with Crippen molar-refractivity contribution in [3.05, 3.63) is 107 Å². The molecule has 0 radical (unpaired) electrons. The Morgan fingerprint density at radius 2 is 1.18 bits per heavy atom. The second-order valence-electron chi connectivity index (χ2n) is 8.17. The third-order valence-corrected chi connectivity index (χ3v) is 6.50. The Hall–Kier alpha value is -2.09. The van der Waals surface area contributed by atoms with Crippen LogP contribution < -0.4 is 0 Å². The zero-order valence-corrected chi connectivity index (χ0v) is 17.4. The minimum Gasteiger partial charge on any atom is -0.284 e. The van der Waals surface area contributed by atoms with Crippen molar-refractivity contribution >= 4 is 11.6 Å². The maximum Gasteiger partial charge on any atom is 0.0451 e. The first-order valence-electron chi connectivity index (χ1n) is 10.2. The number of piperidine rings is 1. The summed E-state index contributed by atoms with van der Waals surface area (Å²) in [5.74, 6) is 1.17. The molecule has 4 rings (SSSR count). The van der Waals surface area contributed by atoms with Crippen molar-refractivity contribution in [3.8, 4) is 0 Å². The predicted molar refractivity (Wildman–Crippen MR) is 118 cm³/mol. The van der Waals surface area contributed by atoms with Gasteiger partial charge in [-0.1, -0.05) is 104 Å². The molecule has 0 amide bonds. The van der Waals surface area contributed by atoms with Crippen LogP contribution in [0.4, 0.5) is 0 Å². The molecule has 0 spiro atoms. The number of likely N-dealkylation sites (tertiary alicyclic amines) is 1. The lowest BCUT2D eigenvalue weighted by Crippen LogP contribution is -2.43. The van der Waals surface area contributed by atoms with Gasteiger partial charge in [0.25, 0.3) is 0 Å². The summed E-state index contributed by atoms with van der Waals surface area (Å²) in [7, 11) is 0. The van der Waals surface area contributed by atoms with Crippen LogP contribution >= 0.6 is 11.6 Å². The predicted octanol–water partition coefficient (Wildman–Crippen LogP) is 7.30. The molecule has 0 bridgehead atoms. The first kappa shape index (κ1) is 19.2. The van der Waals surface area contributed by atoms with Gasteiger partial charge in [-0.2, -0.15) is 0 Å². The molecule has 1 fully saturated rings. The topological polar surface area (TPSA) is 3.24 Å². The van der Waals surface area contributed by atoms with E-state index >= 15 is 0 Å². The Bertz CT molecular complexity index is 841. The highest BCUT2D eigenvalue weighted by Gasteiger charge is 2.40. The Kier molecular flexibility index (Phi) is 5.85. The van der Waals surface area contributed by atoms with E-state index in [0.29, 0.717) is 23.9 Å². The Balaban J connectivity index is 1.80. The Morgan fingerprint density at radius 3 is 1.68 bits per heavy atom. The molecule has 0 saturated carbocycles. The molecular weight excluding hydrogens is 362 g/mol. The van der Waals surface area contributed by atoms with Gasteiger partial charge in [0.05, 0.1) is 0 Å². The molecule has 3 aromatic carbocycles. The molecule has 2 heteroatoms. The van der Waals surface area contributed by atoms with Crippen molar-refractivity contribution < 1.29 is 0 Å². The molecule has 1 saturated heterocycles. The van der Waals surface area contributed by atoms with Crippen LogP contribution in [0.3, 0.4) is 0 Å². The zero-order valence-electron chi connectivity index (χ0n) is 16.6. The molecule has 0 N–H and O–H groups in total. The lowest BCUT2D eigenvalue weighted by Gasteiger charge is -2.49. The second kappa shape index (κ2) is 8.51. The lowest BCUT2D eigenvalue weighted by molar-refractivity contribution is -0.000124. The van der Waals surface area contributed by atoms with Gasteiger partial charge < -0.3 is 0 Å². The van der Waals surface area contributed by atoms with Gasteiger partial charge in [-0.15, -0.1) is 0 Å². The van der Waals surface area contributed by atoms with E-state index in [9.17, 15) is 0 Å². The highest BCUT2D eigenvalue weighted by molar-refractivity contribution is 6.31. The van der Waals surface area contributed by atoms with Crippen LogP contribution in [0.15, 0.2) is 84.9 Å². The number of rotatable bonds is 4. The number of halogens is 1. The third kappa shape index (κ3) is 3.87. The van der Waals surface area contributed by atoms with E-state index < -0.39 is 0 Å². The standard InChI is InChI=1S/C26H28ClN/c1-19-17-20(2)26(22-13-7-4-8-14-22)28(18-23-15-9-10-16-24(23)27)25(19)21-11-5-3-6-12-21/h3-16,19-20,25-26H,17-18H2,1-2H3/t19-,20-,25-,26+/m0/s1. The summed E-state index contributed by atoms with van der Waals surface area (Å²) in [5.41, 5.74) is 4.00. The monoisotopic (exact) mass is 389 g/mol. The fourth-order valence-corrected chi connectivity index (χ4v) is 5.23. The summed E-state index contributed by atoms with van der Waals surface area (Å²) in [4.78, 5) is 2.69. The van der Waals surface area contributed by atoms with E-state index in [2.05, 4.69) is 91.5 Å². The minimum absolute atomic E-state index is 0.374. The van der Waals surface area contributed by atoms with Gasteiger partial charge in [-0.05, 0) is 41.0 Å². The summed E-state index contributed by atoms with van der Waals surface area (Å²) < 4.78 is 0. The van der Waals surface area contributed by atoms with Crippen LogP contribution in [0.25, 0.3) is 0 Å². The molecule has 4 atom stereocenters. The summed E-state index contributed by atoms with van der Waals surface area (Å²) >= 11 is 6.58. The van der Waals surface area contributed by atoms with Crippen LogP contribution in [0, 0.1) is 11.8 Å². The average molecular weight is 390 g/mol. The van der Waals surface area contributed by atoms with Crippen LogP contribution in [-0.2, 0) is 6.54 Å². The van der Waals surface area contributed by atoms with E-state index in [0.717, 1.165) is 11.6 Å². The van der Waals surface area contributed by atoms with Crippen molar-refractivity contribution in [3.63, 3.8) is 0 Å². The molecule has 0 unspecified atom stereocenters. The number of benzene rings is 3. The molecule has 0 aliphatic carbocycles. The summed E-state index contributed by atoms with van der Waals surface area (Å²) in [6.07, 6.45) is 1.22. The highest BCUT2D eigenvalue weighted by Crippen LogP contribution is 2.48. The highest BCUT2D eigenvalue weighted by atomic mass is 35.5. The van der Waals surface area contributed by atoms with Crippen LogP contribution in [0.1, 0.15) is 49.0 Å². The molecule has 1 aliphatic rings. The molecule has 28 heavy (non-hydrogen) atoms. The van der Waals surface area contributed by atoms with E-state index in [1.807, 2.05) is 12.1 Å². The van der Waals surface area contributed by atoms with Crippen LogP contribution in [0.5, 0.6) is 0 Å². The lowest BCUT2D eigenvalue weighted by atomic mass is 9.75. The first-order valence-corrected chi connectivity index (χ1v) is 10.6. The zero-order chi connectivity index (χ0) is 19.5. The summed E-state index contributed by atoms with van der Waals surface area (Å²) in [5, 5.41) is 0.854. The summed E-state index contributed by atoms with van der Waals surface area (Å²) in [6, 6.07) is 31.0. The molecule has 3 aromatic rings. The van der Waals surface area contributed by atoms with Crippen molar-refractivity contribution in [2.45, 2.75) is 38.9 Å². The maximum absolute atomic E-state index is 6.58. The Morgan fingerprint density at radius 1 is 0.714 bits per heavy atom. The van der Waals surface area contributed by atoms with Gasteiger partial charge >= 0.3 is 0 Å². The van der Waals surface area contributed by atoms with Crippen LogP contribution in [0.2, 0.25) is 5.02 Å². The number of hydrogen-bond donors (Lipinski definition) is 0. The largest absolute Gasteiger partial charge is 0.284 e. The summed E-state index contributed by atoms with van der Waals surface area (Å²) in [6.45, 7) is 5.65. The number of hydrogen-bond acceptors (Lipinski definition) is 1. The minimum atomic E-state index is 0.374. The first-order chi connectivity index (χ1) is 13.6. The van der Waals surface area contributed by atoms with Crippen LogP contribution in [-0.4, -0.2) is 4.90 Å². The molecule has 1 nitrogen and oxygen atoms in total. The van der Waals surface area contributed by atoms with Gasteiger partial charge in [-0.25, -0.2) is 0 Å². The van der Waals surface area contributed by atoms with Crippen molar-refractivity contribution in [1.82, 2.24) is 4.90 Å². The van der Waals surface area contributed by atoms with E-state index in [4.69, 9.17) is 11.6 Å². The molecule has 144 valence electrons. The van der Waals surface area contributed by atoms with E-state index in [-0.39, 0.29) is 0 Å². The third-order valence-electron chi connectivity index (χ3n) is 6.13. The normalized spacial score (nSPS) is 25.5. The van der Waals surface area contributed by atoms with Crippen molar-refractivity contribution in [1.29, 1.82) is 0 Å². The number of nitrogens with zero attached hydrogens (tertiary/aromatic N) is 1. The average Bonchev–Trinajstić information content (AvgIpc) is 2.71. The fraction of sp³-hybridized carbons (Fsp3) is 0.308. The molecule has 1 aliphatic heterocycles. The van der Waals surface area contributed by atoms with Crippen molar-refractivity contribution in [2.24, 2.45) is 11.8 Å². The molecule has 0 aromatic heterocycles. The maximum atomic E-state index is 6.58.